The number of ketones is 1. The Labute approximate surface area is 217 Å². The normalized spacial score (nSPS) is 11.2. The van der Waals surface area contributed by atoms with E-state index in [1.54, 1.807) is 92.9 Å². The van der Waals surface area contributed by atoms with Crippen LogP contribution in [0.25, 0.3) is 16.9 Å². The number of carbonyl (C=O) groups excluding carboxylic acids is 3. The average Bonchev–Trinajstić information content (AvgIpc) is 3.19. The van der Waals surface area contributed by atoms with Crippen molar-refractivity contribution in [2.45, 2.75) is 39.9 Å². The van der Waals surface area contributed by atoms with Crippen LogP contribution in [0, 0.1) is 0 Å². The lowest BCUT2D eigenvalue weighted by Crippen LogP contribution is -2.20. The minimum atomic E-state index is -0.781. The molecule has 0 bridgehead atoms. The van der Waals surface area contributed by atoms with E-state index in [1.807, 2.05) is 6.07 Å². The molecule has 3 aromatic heterocycles. The molecule has 3 heterocycles. The zero-order valence-electron chi connectivity index (χ0n) is 20.3. The summed E-state index contributed by atoms with van der Waals surface area (Å²) in [5.41, 5.74) is 1.65. The van der Waals surface area contributed by atoms with Gasteiger partial charge in [0.25, 0.3) is 0 Å². The van der Waals surface area contributed by atoms with Gasteiger partial charge < -0.3 is 13.9 Å². The fraction of sp³-hybridized carbons (Fsp3) is 0.214. The van der Waals surface area contributed by atoms with Crippen LogP contribution in [-0.2, 0) is 9.47 Å². The summed E-state index contributed by atoms with van der Waals surface area (Å²) in [6.07, 6.45) is 0.724. The second kappa shape index (κ2) is 10.5. The van der Waals surface area contributed by atoms with Crippen LogP contribution in [0.2, 0.25) is 0 Å². The highest BCUT2D eigenvalue weighted by Gasteiger charge is 2.35. The number of esters is 2. The lowest BCUT2D eigenvalue weighted by atomic mass is 10.0. The Balaban J connectivity index is 2.13. The number of ether oxygens (including phenoxy) is 2. The second-order valence-electron chi connectivity index (χ2n) is 8.69. The topological polar surface area (TPSA) is 87.0 Å². The molecule has 1 aromatic carbocycles. The van der Waals surface area contributed by atoms with Crippen molar-refractivity contribution in [3.8, 4) is 11.4 Å². The van der Waals surface area contributed by atoms with Crippen LogP contribution in [-0.4, -0.2) is 39.3 Å². The zero-order valence-corrected chi connectivity index (χ0v) is 21.9. The predicted octanol–water partition coefficient (Wildman–Crippen LogP) is 6.13. The van der Waals surface area contributed by atoms with Crippen molar-refractivity contribution in [2.24, 2.45) is 0 Å². The maximum atomic E-state index is 14.0. The molecule has 4 aromatic rings. The quantitative estimate of drug-likeness (QED) is 0.204. The summed E-state index contributed by atoms with van der Waals surface area (Å²) in [4.78, 5) is 45.3. The van der Waals surface area contributed by atoms with Crippen molar-refractivity contribution in [3.05, 3.63) is 93.7 Å². The SMILES string of the molecule is CC(C)OC(=O)c1c(C(=O)OC(C)C)c2cccc(-c3ccccn3)n2c1C(=O)c1ccc(Br)cc1. The van der Waals surface area contributed by atoms with Gasteiger partial charge in [-0.1, -0.05) is 28.1 Å². The summed E-state index contributed by atoms with van der Waals surface area (Å²) in [7, 11) is 0. The van der Waals surface area contributed by atoms with Crippen LogP contribution in [0.5, 0.6) is 0 Å². The summed E-state index contributed by atoms with van der Waals surface area (Å²) in [5, 5.41) is 0. The van der Waals surface area contributed by atoms with E-state index < -0.39 is 29.9 Å². The molecule has 4 rings (SSSR count). The number of carbonyl (C=O) groups is 3. The largest absolute Gasteiger partial charge is 0.459 e. The van der Waals surface area contributed by atoms with Gasteiger partial charge in [0.05, 0.1) is 29.1 Å². The Hall–Kier alpha value is -3.78. The number of hydrogen-bond donors (Lipinski definition) is 0. The molecule has 0 radical (unpaired) electrons. The fourth-order valence-electron chi connectivity index (χ4n) is 3.92. The molecular weight excluding hydrogens is 524 g/mol. The van der Waals surface area contributed by atoms with Gasteiger partial charge in [-0.15, -0.1) is 0 Å². The van der Waals surface area contributed by atoms with Gasteiger partial charge >= 0.3 is 11.9 Å². The number of hydrogen-bond acceptors (Lipinski definition) is 6. The van der Waals surface area contributed by atoms with Crippen LogP contribution in [0.4, 0.5) is 0 Å². The Bertz CT molecular complexity index is 1440. The molecule has 0 aliphatic rings. The third-order valence-electron chi connectivity index (χ3n) is 5.30. The molecule has 0 saturated heterocycles. The van der Waals surface area contributed by atoms with Gasteiger partial charge in [0, 0.05) is 16.2 Å². The van der Waals surface area contributed by atoms with Crippen LogP contribution in [0.3, 0.4) is 0 Å². The average molecular weight is 549 g/mol. The van der Waals surface area contributed by atoms with E-state index in [0.29, 0.717) is 22.5 Å². The molecule has 0 aliphatic carbocycles. The zero-order chi connectivity index (χ0) is 26.0. The smallest absolute Gasteiger partial charge is 0.341 e. The molecule has 184 valence electrons. The molecule has 0 aliphatic heterocycles. The molecule has 0 saturated carbocycles. The monoisotopic (exact) mass is 548 g/mol. The minimum Gasteiger partial charge on any atom is -0.459 e. The summed E-state index contributed by atoms with van der Waals surface area (Å²) in [6, 6.07) is 17.4. The number of fused-ring (bicyclic) bond motifs is 1. The first-order chi connectivity index (χ1) is 17.2. The number of nitrogens with zero attached hydrogens (tertiary/aromatic N) is 2. The number of aromatic nitrogens is 2. The minimum absolute atomic E-state index is 0.00920. The molecule has 7 nitrogen and oxygen atoms in total. The van der Waals surface area contributed by atoms with E-state index in [-0.39, 0.29) is 16.8 Å². The van der Waals surface area contributed by atoms with Crippen molar-refractivity contribution in [1.29, 1.82) is 0 Å². The van der Waals surface area contributed by atoms with E-state index in [2.05, 4.69) is 20.9 Å². The van der Waals surface area contributed by atoms with E-state index in [0.717, 1.165) is 4.47 Å². The highest BCUT2D eigenvalue weighted by Crippen LogP contribution is 2.33. The Morgan fingerprint density at radius 1 is 0.806 bits per heavy atom. The van der Waals surface area contributed by atoms with E-state index in [1.165, 1.54) is 0 Å². The van der Waals surface area contributed by atoms with E-state index >= 15 is 0 Å². The molecule has 0 amide bonds. The third kappa shape index (κ3) is 4.95. The van der Waals surface area contributed by atoms with Gasteiger partial charge in [-0.2, -0.15) is 0 Å². The van der Waals surface area contributed by atoms with Gasteiger partial charge in [0.15, 0.2) is 0 Å². The van der Waals surface area contributed by atoms with Crippen molar-refractivity contribution >= 4 is 39.2 Å². The predicted molar refractivity (Wildman–Crippen MR) is 139 cm³/mol. The molecule has 0 atom stereocenters. The maximum absolute atomic E-state index is 14.0. The fourth-order valence-corrected chi connectivity index (χ4v) is 4.19. The molecule has 0 unspecified atom stereocenters. The molecule has 8 heteroatoms. The highest BCUT2D eigenvalue weighted by molar-refractivity contribution is 9.10. The highest BCUT2D eigenvalue weighted by atomic mass is 79.9. The third-order valence-corrected chi connectivity index (χ3v) is 5.83. The molecule has 0 fully saturated rings. The van der Waals surface area contributed by atoms with Crippen LogP contribution < -0.4 is 0 Å². The second-order valence-corrected chi connectivity index (χ2v) is 9.61. The van der Waals surface area contributed by atoms with Crippen molar-refractivity contribution in [3.63, 3.8) is 0 Å². The van der Waals surface area contributed by atoms with Crippen LogP contribution >= 0.6 is 15.9 Å². The van der Waals surface area contributed by atoms with Gasteiger partial charge in [-0.05, 0) is 76.2 Å². The van der Waals surface area contributed by atoms with E-state index in [9.17, 15) is 14.4 Å². The molecule has 36 heavy (non-hydrogen) atoms. The Kier molecular flexibility index (Phi) is 7.35. The van der Waals surface area contributed by atoms with Crippen molar-refractivity contribution in [1.82, 2.24) is 9.38 Å². The number of rotatable bonds is 7. The Morgan fingerprint density at radius 3 is 2.03 bits per heavy atom. The first-order valence-corrected chi connectivity index (χ1v) is 12.3. The maximum Gasteiger partial charge on any atom is 0.341 e. The van der Waals surface area contributed by atoms with Gasteiger partial charge in [0.1, 0.15) is 16.8 Å². The van der Waals surface area contributed by atoms with Crippen LogP contribution in [0.1, 0.15) is 64.5 Å². The molecule has 0 spiro atoms. The van der Waals surface area contributed by atoms with Gasteiger partial charge in [-0.25, -0.2) is 9.59 Å². The van der Waals surface area contributed by atoms with E-state index in [4.69, 9.17) is 9.47 Å². The van der Waals surface area contributed by atoms with Gasteiger partial charge in [-0.3, -0.25) is 9.78 Å². The number of pyridine rings is 2. The molecule has 0 N–H and O–H groups in total. The number of halogens is 1. The lowest BCUT2D eigenvalue weighted by molar-refractivity contribution is 0.0330. The summed E-state index contributed by atoms with van der Waals surface area (Å²) in [5.74, 6) is -1.94. The lowest BCUT2D eigenvalue weighted by Gasteiger charge is -2.12. The van der Waals surface area contributed by atoms with Crippen molar-refractivity contribution < 1.29 is 23.9 Å². The van der Waals surface area contributed by atoms with Crippen molar-refractivity contribution in [2.75, 3.05) is 0 Å². The first kappa shape index (κ1) is 25.3. The number of benzene rings is 1. The van der Waals surface area contributed by atoms with Gasteiger partial charge in [0.2, 0.25) is 5.78 Å². The summed E-state index contributed by atoms with van der Waals surface area (Å²) < 4.78 is 13.4. The first-order valence-electron chi connectivity index (χ1n) is 11.5. The Morgan fingerprint density at radius 2 is 1.44 bits per heavy atom. The van der Waals surface area contributed by atoms with Crippen LogP contribution in [0.15, 0.2) is 71.3 Å². The summed E-state index contributed by atoms with van der Waals surface area (Å²) in [6.45, 7) is 6.84. The standard InChI is InChI=1S/C28H25BrN2O5/c1-16(2)35-27(33)23-22-10-7-9-21(20-8-5-6-15-30-20)31(22)25(24(23)28(34)36-17(3)4)26(32)18-11-13-19(29)14-12-18/h5-17H,1-4H3. The molecular formula is C28H25BrN2O5. The summed E-state index contributed by atoms with van der Waals surface area (Å²) >= 11 is 3.38.